The van der Waals surface area contributed by atoms with Gasteiger partial charge >= 0.3 is 0 Å². The normalized spacial score (nSPS) is 24.0. The zero-order valence-corrected chi connectivity index (χ0v) is 18.1. The van der Waals surface area contributed by atoms with Gasteiger partial charge in [-0.3, -0.25) is 9.89 Å². The third-order valence-corrected chi connectivity index (χ3v) is 5.86. The summed E-state index contributed by atoms with van der Waals surface area (Å²) >= 11 is 0. The molecule has 2 aliphatic rings. The molecular formula is C18H37IN4O. The van der Waals surface area contributed by atoms with Crippen LogP contribution in [0.1, 0.15) is 51.9 Å². The minimum absolute atomic E-state index is 0. The first kappa shape index (κ1) is 22.0. The molecule has 0 aromatic rings. The molecule has 0 amide bonds. The molecule has 0 spiro atoms. The van der Waals surface area contributed by atoms with Crippen LogP contribution in [0.3, 0.4) is 0 Å². The van der Waals surface area contributed by atoms with Crippen LogP contribution in [-0.2, 0) is 4.74 Å². The number of methoxy groups -OCH3 is 1. The van der Waals surface area contributed by atoms with E-state index < -0.39 is 0 Å². The fourth-order valence-electron chi connectivity index (χ4n) is 4.12. The predicted octanol–water partition coefficient (Wildman–Crippen LogP) is 2.85. The molecule has 1 aliphatic heterocycles. The molecule has 2 rings (SSSR count). The van der Waals surface area contributed by atoms with Crippen molar-refractivity contribution in [2.75, 3.05) is 46.9 Å². The van der Waals surface area contributed by atoms with Crippen LogP contribution in [0.25, 0.3) is 0 Å². The summed E-state index contributed by atoms with van der Waals surface area (Å²) in [6.45, 7) is 7.41. The van der Waals surface area contributed by atoms with Crippen LogP contribution >= 0.6 is 24.0 Å². The van der Waals surface area contributed by atoms with E-state index in [0.29, 0.717) is 11.5 Å². The van der Waals surface area contributed by atoms with Crippen LogP contribution in [0, 0.1) is 5.41 Å². The van der Waals surface area contributed by atoms with Gasteiger partial charge in [-0.25, -0.2) is 0 Å². The Hall–Kier alpha value is -0.0800. The second kappa shape index (κ2) is 11.5. The van der Waals surface area contributed by atoms with Crippen molar-refractivity contribution in [3.05, 3.63) is 0 Å². The molecule has 5 nitrogen and oxygen atoms in total. The van der Waals surface area contributed by atoms with Crippen LogP contribution in [-0.4, -0.2) is 63.8 Å². The van der Waals surface area contributed by atoms with Gasteiger partial charge in [-0.05, 0) is 44.1 Å². The highest BCUT2D eigenvalue weighted by molar-refractivity contribution is 14.0. The van der Waals surface area contributed by atoms with Crippen molar-refractivity contribution < 1.29 is 4.74 Å². The van der Waals surface area contributed by atoms with Gasteiger partial charge in [0.05, 0.1) is 6.61 Å². The minimum atomic E-state index is 0. The largest absolute Gasteiger partial charge is 0.383 e. The fourth-order valence-corrected chi connectivity index (χ4v) is 4.12. The number of likely N-dealkylation sites (tertiary alicyclic amines) is 1. The Bertz CT molecular complexity index is 372. The van der Waals surface area contributed by atoms with E-state index in [9.17, 15) is 0 Å². The van der Waals surface area contributed by atoms with Gasteiger partial charge in [-0.15, -0.1) is 24.0 Å². The van der Waals surface area contributed by atoms with Gasteiger partial charge < -0.3 is 15.4 Å². The van der Waals surface area contributed by atoms with Gasteiger partial charge in [-0.1, -0.05) is 19.8 Å². The van der Waals surface area contributed by atoms with Gasteiger partial charge in [0.2, 0.25) is 0 Å². The molecule has 1 heterocycles. The number of ether oxygens (including phenoxy) is 1. The Balaban J connectivity index is 0.00000288. The topological polar surface area (TPSA) is 48.9 Å². The predicted molar refractivity (Wildman–Crippen MR) is 112 cm³/mol. The van der Waals surface area contributed by atoms with Crippen molar-refractivity contribution in [1.82, 2.24) is 15.5 Å². The molecule has 0 aromatic heterocycles. The summed E-state index contributed by atoms with van der Waals surface area (Å²) < 4.78 is 5.22. The quantitative estimate of drug-likeness (QED) is 0.338. The number of rotatable bonds is 8. The third kappa shape index (κ3) is 6.33. The highest BCUT2D eigenvalue weighted by Crippen LogP contribution is 2.40. The second-order valence-electron chi connectivity index (χ2n) is 7.19. The molecule has 1 saturated heterocycles. The van der Waals surface area contributed by atoms with E-state index >= 15 is 0 Å². The Morgan fingerprint density at radius 3 is 2.62 bits per heavy atom. The second-order valence-corrected chi connectivity index (χ2v) is 7.19. The molecule has 1 aliphatic carbocycles. The van der Waals surface area contributed by atoms with Gasteiger partial charge in [0.1, 0.15) is 0 Å². The first-order chi connectivity index (χ1) is 11.2. The van der Waals surface area contributed by atoms with E-state index in [0.717, 1.165) is 32.2 Å². The van der Waals surface area contributed by atoms with E-state index in [-0.39, 0.29) is 24.0 Å². The smallest absolute Gasteiger partial charge is 0.191 e. The fraction of sp³-hybridized carbons (Fsp3) is 0.944. The molecule has 0 bridgehead atoms. The number of nitrogens with one attached hydrogen (secondary N) is 2. The Kier molecular flexibility index (Phi) is 10.5. The summed E-state index contributed by atoms with van der Waals surface area (Å²) in [5.41, 5.74) is 0.496. The number of halogens is 1. The molecule has 1 saturated carbocycles. The summed E-state index contributed by atoms with van der Waals surface area (Å²) in [6, 6.07) is 0.607. The van der Waals surface area contributed by atoms with Crippen molar-refractivity contribution in [2.24, 2.45) is 10.4 Å². The standard InChI is InChI=1S/C18H36N4O.HI/c1-4-18(9-5-6-10-18)15-21-17(19-2)20-14-16-8-7-11-22(16)12-13-23-3;/h16H,4-15H2,1-3H3,(H2,19,20,21);1H. The number of nitrogens with zero attached hydrogens (tertiary/aromatic N) is 2. The third-order valence-electron chi connectivity index (χ3n) is 5.86. The van der Waals surface area contributed by atoms with Gasteiger partial charge in [0, 0.05) is 39.8 Å². The lowest BCUT2D eigenvalue weighted by Gasteiger charge is -2.29. The zero-order chi connectivity index (χ0) is 16.5. The van der Waals surface area contributed by atoms with Gasteiger partial charge in [0.15, 0.2) is 5.96 Å². The maximum atomic E-state index is 5.22. The van der Waals surface area contributed by atoms with E-state index in [4.69, 9.17) is 4.74 Å². The highest BCUT2D eigenvalue weighted by atomic mass is 127. The van der Waals surface area contributed by atoms with Crippen LogP contribution in [0.5, 0.6) is 0 Å². The molecule has 0 aromatic carbocycles. The highest BCUT2D eigenvalue weighted by Gasteiger charge is 2.32. The van der Waals surface area contributed by atoms with E-state index in [1.807, 2.05) is 7.05 Å². The van der Waals surface area contributed by atoms with Crippen LogP contribution in [0.4, 0.5) is 0 Å². The Morgan fingerprint density at radius 1 is 1.25 bits per heavy atom. The molecule has 142 valence electrons. The summed E-state index contributed by atoms with van der Waals surface area (Å²) in [5.74, 6) is 0.961. The van der Waals surface area contributed by atoms with E-state index in [1.54, 1.807) is 7.11 Å². The number of hydrogen-bond donors (Lipinski definition) is 2. The van der Waals surface area contributed by atoms with Crippen LogP contribution < -0.4 is 10.6 Å². The van der Waals surface area contributed by atoms with Crippen molar-refractivity contribution in [3.8, 4) is 0 Å². The van der Waals surface area contributed by atoms with Crippen molar-refractivity contribution >= 4 is 29.9 Å². The first-order valence-corrected chi connectivity index (χ1v) is 9.40. The molecule has 1 unspecified atom stereocenters. The number of aliphatic imine (C=N–C) groups is 1. The van der Waals surface area contributed by atoms with Crippen LogP contribution in [0.2, 0.25) is 0 Å². The zero-order valence-electron chi connectivity index (χ0n) is 15.8. The lowest BCUT2D eigenvalue weighted by molar-refractivity contribution is 0.141. The lowest BCUT2D eigenvalue weighted by atomic mass is 9.83. The van der Waals surface area contributed by atoms with E-state index in [2.05, 4.69) is 27.4 Å². The molecular weight excluding hydrogens is 415 g/mol. The molecule has 2 fully saturated rings. The van der Waals surface area contributed by atoms with E-state index in [1.165, 1.54) is 51.5 Å². The average molecular weight is 452 g/mol. The van der Waals surface area contributed by atoms with Crippen molar-refractivity contribution in [2.45, 2.75) is 57.9 Å². The maximum absolute atomic E-state index is 5.22. The minimum Gasteiger partial charge on any atom is -0.383 e. The molecule has 6 heteroatoms. The molecule has 1 atom stereocenters. The van der Waals surface area contributed by atoms with Gasteiger partial charge in [-0.2, -0.15) is 0 Å². The summed E-state index contributed by atoms with van der Waals surface area (Å²) in [6.07, 6.45) is 9.33. The number of hydrogen-bond acceptors (Lipinski definition) is 3. The maximum Gasteiger partial charge on any atom is 0.191 e. The van der Waals surface area contributed by atoms with Crippen molar-refractivity contribution in [3.63, 3.8) is 0 Å². The van der Waals surface area contributed by atoms with Gasteiger partial charge in [0.25, 0.3) is 0 Å². The summed E-state index contributed by atoms with van der Waals surface area (Å²) in [4.78, 5) is 6.95. The molecule has 2 N–H and O–H groups in total. The molecule has 24 heavy (non-hydrogen) atoms. The van der Waals surface area contributed by atoms with Crippen LogP contribution in [0.15, 0.2) is 4.99 Å². The Morgan fingerprint density at radius 2 is 2.00 bits per heavy atom. The Labute approximate surface area is 165 Å². The first-order valence-electron chi connectivity index (χ1n) is 9.40. The van der Waals surface area contributed by atoms with Crippen molar-refractivity contribution in [1.29, 1.82) is 0 Å². The summed E-state index contributed by atoms with van der Waals surface area (Å²) in [7, 11) is 3.65. The monoisotopic (exact) mass is 452 g/mol. The number of guanidine groups is 1. The average Bonchev–Trinajstić information content (AvgIpc) is 3.23. The summed E-state index contributed by atoms with van der Waals surface area (Å²) in [5, 5.41) is 7.12. The molecule has 0 radical (unpaired) electrons. The SMILES string of the molecule is CCC1(CNC(=NC)NCC2CCCN2CCOC)CCCC1.I. The lowest BCUT2D eigenvalue weighted by Crippen LogP contribution is -2.47.